The first-order chi connectivity index (χ1) is 19.7. The van der Waals surface area contributed by atoms with Gasteiger partial charge in [0, 0.05) is 50.0 Å². The largest absolute Gasteiger partial charge is 0.378 e. The third kappa shape index (κ3) is 8.00. The van der Waals surface area contributed by atoms with Crippen LogP contribution >= 0.6 is 0 Å². The third-order valence-corrected chi connectivity index (χ3v) is 7.78. The average molecular weight is 578 g/mol. The standard InChI is InChI=1S/C29H35N7O4S/c1-34(2)15-13-32-29(37)25-20-22(4-9-27(25)35-16-18-40-19-17-35)21-28-31-12-10-26(33-28)23-5-7-24(8-6-23)36(14-11-30)41(3,38)39/h4-10,12,20H,13-19,21H2,1-3H3,(H,32,37). The van der Waals surface area contributed by atoms with Crippen LogP contribution in [0.2, 0.25) is 0 Å². The van der Waals surface area contributed by atoms with Crippen LogP contribution in [0.15, 0.2) is 54.7 Å². The summed E-state index contributed by atoms with van der Waals surface area (Å²) in [5.41, 5.74) is 4.28. The first-order valence-corrected chi connectivity index (χ1v) is 15.2. The zero-order valence-corrected chi connectivity index (χ0v) is 24.4. The number of likely N-dealkylation sites (N-methyl/N-ethyl adjacent to an activating group) is 1. The molecule has 1 fully saturated rings. The normalized spacial score (nSPS) is 13.6. The lowest BCUT2D eigenvalue weighted by molar-refractivity contribution is 0.0949. The van der Waals surface area contributed by atoms with Gasteiger partial charge in [0.25, 0.3) is 5.91 Å². The van der Waals surface area contributed by atoms with Gasteiger partial charge in [-0.2, -0.15) is 5.26 Å². The van der Waals surface area contributed by atoms with E-state index in [0.717, 1.165) is 47.0 Å². The molecule has 1 saturated heterocycles. The van der Waals surface area contributed by atoms with Gasteiger partial charge in [-0.3, -0.25) is 9.10 Å². The van der Waals surface area contributed by atoms with Crippen molar-refractivity contribution in [2.75, 3.05) is 75.5 Å². The summed E-state index contributed by atoms with van der Waals surface area (Å²) in [7, 11) is 0.349. The molecule has 1 N–H and O–H groups in total. The zero-order chi connectivity index (χ0) is 29.4. The second-order valence-corrected chi connectivity index (χ2v) is 11.9. The first-order valence-electron chi connectivity index (χ1n) is 13.3. The van der Waals surface area contributed by atoms with Crippen LogP contribution in [0, 0.1) is 11.3 Å². The average Bonchev–Trinajstić information content (AvgIpc) is 2.96. The summed E-state index contributed by atoms with van der Waals surface area (Å²) >= 11 is 0. The van der Waals surface area contributed by atoms with Gasteiger partial charge in [-0.1, -0.05) is 18.2 Å². The molecule has 12 heteroatoms. The Morgan fingerprint density at radius 1 is 1.12 bits per heavy atom. The van der Waals surface area contributed by atoms with Gasteiger partial charge >= 0.3 is 0 Å². The Morgan fingerprint density at radius 2 is 1.85 bits per heavy atom. The fourth-order valence-electron chi connectivity index (χ4n) is 4.53. The van der Waals surface area contributed by atoms with E-state index >= 15 is 0 Å². The molecule has 1 aliphatic rings. The molecule has 2 aromatic carbocycles. The zero-order valence-electron chi connectivity index (χ0n) is 23.6. The van der Waals surface area contributed by atoms with Crippen LogP contribution in [-0.2, 0) is 21.2 Å². The highest BCUT2D eigenvalue weighted by atomic mass is 32.2. The van der Waals surface area contributed by atoms with Crippen molar-refractivity contribution >= 4 is 27.3 Å². The van der Waals surface area contributed by atoms with Crippen molar-refractivity contribution in [1.29, 1.82) is 5.26 Å². The van der Waals surface area contributed by atoms with E-state index in [4.69, 9.17) is 15.0 Å². The second-order valence-electron chi connectivity index (χ2n) is 10.0. The highest BCUT2D eigenvalue weighted by Gasteiger charge is 2.20. The minimum atomic E-state index is -3.58. The molecule has 0 aliphatic carbocycles. The smallest absolute Gasteiger partial charge is 0.253 e. The SMILES string of the molecule is CN(C)CCNC(=O)c1cc(Cc2nccc(-c3ccc(N(CC#N)S(C)(=O)=O)cc3)n2)ccc1N1CCOCC1. The van der Waals surface area contributed by atoms with Crippen LogP contribution in [0.4, 0.5) is 11.4 Å². The van der Waals surface area contributed by atoms with Gasteiger partial charge in [-0.05, 0) is 50.0 Å². The topological polar surface area (TPSA) is 132 Å². The fraction of sp³-hybridized carbons (Fsp3) is 0.379. The minimum absolute atomic E-state index is 0.121. The number of amides is 1. The maximum absolute atomic E-state index is 13.2. The molecule has 0 bridgehead atoms. The van der Waals surface area contributed by atoms with Crippen molar-refractivity contribution in [3.8, 4) is 17.3 Å². The number of anilines is 2. The van der Waals surface area contributed by atoms with Crippen molar-refractivity contribution in [2.45, 2.75) is 6.42 Å². The lowest BCUT2D eigenvalue weighted by Gasteiger charge is -2.30. The predicted molar refractivity (Wildman–Crippen MR) is 158 cm³/mol. The highest BCUT2D eigenvalue weighted by molar-refractivity contribution is 7.92. The highest BCUT2D eigenvalue weighted by Crippen LogP contribution is 2.26. The summed E-state index contributed by atoms with van der Waals surface area (Å²) in [5, 5.41) is 12.1. The van der Waals surface area contributed by atoms with Crippen LogP contribution in [0.5, 0.6) is 0 Å². The summed E-state index contributed by atoms with van der Waals surface area (Å²) < 4.78 is 30.7. The number of hydrogen-bond acceptors (Lipinski definition) is 9. The molecule has 1 aliphatic heterocycles. The number of carbonyl (C=O) groups is 1. The van der Waals surface area contributed by atoms with Crippen LogP contribution in [0.3, 0.4) is 0 Å². The molecule has 2 heterocycles. The molecule has 3 aromatic rings. The maximum atomic E-state index is 13.2. The van der Waals surface area contributed by atoms with Gasteiger partial charge in [0.1, 0.15) is 12.4 Å². The van der Waals surface area contributed by atoms with E-state index in [1.807, 2.05) is 43.3 Å². The number of benzene rings is 2. The van der Waals surface area contributed by atoms with Crippen molar-refractivity contribution < 1.29 is 17.9 Å². The van der Waals surface area contributed by atoms with Gasteiger partial charge in [-0.25, -0.2) is 18.4 Å². The lowest BCUT2D eigenvalue weighted by Crippen LogP contribution is -2.38. The van der Waals surface area contributed by atoms with Crippen molar-refractivity contribution in [3.05, 3.63) is 71.7 Å². The molecule has 0 spiro atoms. The van der Waals surface area contributed by atoms with Gasteiger partial charge in [0.05, 0.1) is 42.5 Å². The molecular weight excluding hydrogens is 542 g/mol. The van der Waals surface area contributed by atoms with Crippen LogP contribution < -0.4 is 14.5 Å². The minimum Gasteiger partial charge on any atom is -0.378 e. The first kappa shape index (κ1) is 29.9. The van der Waals surface area contributed by atoms with Crippen LogP contribution in [0.1, 0.15) is 21.7 Å². The Bertz CT molecular complexity index is 1500. The van der Waals surface area contributed by atoms with Crippen LogP contribution in [-0.4, -0.2) is 95.5 Å². The molecule has 0 radical (unpaired) electrons. The summed E-state index contributed by atoms with van der Waals surface area (Å²) in [6, 6.07) is 16.4. The van der Waals surface area contributed by atoms with Gasteiger partial charge in [-0.15, -0.1) is 0 Å². The molecule has 0 saturated carbocycles. The molecule has 216 valence electrons. The molecule has 4 rings (SSSR count). The van der Waals surface area contributed by atoms with E-state index in [0.29, 0.717) is 48.9 Å². The Hall–Kier alpha value is -4.05. The molecule has 11 nitrogen and oxygen atoms in total. The van der Waals surface area contributed by atoms with Crippen molar-refractivity contribution in [1.82, 2.24) is 20.2 Å². The Kier molecular flexibility index (Phi) is 9.88. The number of aromatic nitrogens is 2. The number of carbonyl (C=O) groups excluding carboxylic acids is 1. The van der Waals surface area contributed by atoms with Gasteiger partial charge in [0.2, 0.25) is 10.0 Å². The second kappa shape index (κ2) is 13.5. The van der Waals surface area contributed by atoms with Crippen molar-refractivity contribution in [2.24, 2.45) is 0 Å². The Morgan fingerprint density at radius 3 is 2.51 bits per heavy atom. The number of nitriles is 1. The number of rotatable bonds is 11. The van der Waals surface area contributed by atoms with Crippen LogP contribution in [0.25, 0.3) is 11.3 Å². The van der Waals surface area contributed by atoms with E-state index in [2.05, 4.69) is 15.2 Å². The van der Waals surface area contributed by atoms with E-state index in [1.54, 1.807) is 36.5 Å². The van der Waals surface area contributed by atoms with Crippen molar-refractivity contribution in [3.63, 3.8) is 0 Å². The molecule has 1 aromatic heterocycles. The summed E-state index contributed by atoms with van der Waals surface area (Å²) in [6.07, 6.45) is 3.18. The van der Waals surface area contributed by atoms with E-state index in [9.17, 15) is 13.2 Å². The number of nitrogens with one attached hydrogen (secondary N) is 1. The molecular formula is C29H35N7O4S. The number of ether oxygens (including phenoxy) is 1. The summed E-state index contributed by atoms with van der Waals surface area (Å²) in [5.74, 6) is 0.469. The Labute approximate surface area is 241 Å². The van der Waals surface area contributed by atoms with Gasteiger partial charge < -0.3 is 19.9 Å². The fourth-order valence-corrected chi connectivity index (χ4v) is 5.33. The third-order valence-electron chi connectivity index (χ3n) is 6.64. The Balaban J connectivity index is 1.56. The number of nitrogens with zero attached hydrogens (tertiary/aromatic N) is 6. The molecule has 41 heavy (non-hydrogen) atoms. The quantitative estimate of drug-likeness (QED) is 0.341. The lowest BCUT2D eigenvalue weighted by atomic mass is 10.0. The molecule has 0 unspecified atom stereocenters. The monoisotopic (exact) mass is 577 g/mol. The van der Waals surface area contributed by atoms with E-state index < -0.39 is 10.0 Å². The number of sulfonamides is 1. The van der Waals surface area contributed by atoms with E-state index in [1.165, 1.54) is 0 Å². The summed E-state index contributed by atoms with van der Waals surface area (Å²) in [4.78, 5) is 26.6. The predicted octanol–water partition coefficient (Wildman–Crippen LogP) is 2.15. The molecule has 1 amide bonds. The maximum Gasteiger partial charge on any atom is 0.253 e. The van der Waals surface area contributed by atoms with Gasteiger partial charge in [0.15, 0.2) is 0 Å². The number of morpholine rings is 1. The summed E-state index contributed by atoms with van der Waals surface area (Å²) in [6.45, 7) is 3.70. The number of hydrogen-bond donors (Lipinski definition) is 1. The molecule has 0 atom stereocenters. The van der Waals surface area contributed by atoms with E-state index in [-0.39, 0.29) is 12.5 Å².